The fourth-order valence-corrected chi connectivity index (χ4v) is 1.90. The van der Waals surface area contributed by atoms with E-state index in [2.05, 4.69) is 0 Å². The normalized spacial score (nSPS) is 11.7. The van der Waals surface area contributed by atoms with Crippen molar-refractivity contribution in [3.05, 3.63) is 48.0 Å². The van der Waals surface area contributed by atoms with Crippen LogP contribution in [0.25, 0.3) is 10.8 Å². The predicted octanol–water partition coefficient (Wildman–Crippen LogP) is 3.35. The molecule has 0 aliphatic carbocycles. The molecule has 0 aromatic heterocycles. The van der Waals surface area contributed by atoms with Crippen molar-refractivity contribution in [3.63, 3.8) is 0 Å². The predicted molar refractivity (Wildman–Crippen MR) is 73.5 cm³/mol. The van der Waals surface area contributed by atoms with Gasteiger partial charge < -0.3 is 5.41 Å². The van der Waals surface area contributed by atoms with E-state index in [0.717, 1.165) is 16.3 Å². The molecule has 0 aliphatic heterocycles. The van der Waals surface area contributed by atoms with Crippen LogP contribution in [0.4, 0.5) is 0 Å². The Balaban J connectivity index is 2.47. The number of fused-ring (bicyclic) bond motifs is 1. The Bertz CT molecular complexity index is 625. The second-order valence-electron chi connectivity index (χ2n) is 3.72. The van der Waals surface area contributed by atoms with Gasteiger partial charge in [0.05, 0.1) is 11.8 Å². The number of hydrogen-bond acceptors (Lipinski definition) is 3. The monoisotopic (exact) mass is 238 g/mol. The topological polar surface area (TPSA) is 47.6 Å². The van der Waals surface area contributed by atoms with E-state index < -0.39 is 5.92 Å². The minimum absolute atomic E-state index is 0.258. The Labute approximate surface area is 105 Å². The van der Waals surface area contributed by atoms with Crippen molar-refractivity contribution in [1.29, 1.82) is 10.7 Å². The van der Waals surface area contributed by atoms with Gasteiger partial charge in [-0.3, -0.25) is 0 Å². The van der Waals surface area contributed by atoms with Crippen molar-refractivity contribution in [1.82, 2.24) is 0 Å². The molecule has 2 aromatic rings. The van der Waals surface area contributed by atoms with Gasteiger partial charge in [-0.15, -0.1) is 0 Å². The van der Waals surface area contributed by atoms with Gasteiger partial charge in [0.2, 0.25) is 0 Å². The Morgan fingerprint density at radius 2 is 1.94 bits per heavy atom. The summed E-state index contributed by atoms with van der Waals surface area (Å²) in [6, 6.07) is 15.7. The molecule has 0 saturated heterocycles. The third-order valence-corrected chi connectivity index (χ3v) is 2.92. The summed E-state index contributed by atoms with van der Waals surface area (Å²) in [7, 11) is 0. The SMILES string of the molecule is N#CC(C=S)C(=N)c1ccc2ccccc2c1. The van der Waals surface area contributed by atoms with Crippen LogP contribution in [0.3, 0.4) is 0 Å². The lowest BCUT2D eigenvalue weighted by Crippen LogP contribution is -2.13. The number of nitriles is 1. The van der Waals surface area contributed by atoms with Crippen LogP contribution in [0.1, 0.15) is 5.56 Å². The molecule has 1 atom stereocenters. The second kappa shape index (κ2) is 4.86. The summed E-state index contributed by atoms with van der Waals surface area (Å²) in [5.74, 6) is -0.619. The summed E-state index contributed by atoms with van der Waals surface area (Å²) < 4.78 is 0. The molecule has 0 heterocycles. The van der Waals surface area contributed by atoms with Gasteiger partial charge in [-0.1, -0.05) is 48.6 Å². The molecule has 17 heavy (non-hydrogen) atoms. The molecule has 0 amide bonds. The smallest absolute Gasteiger partial charge is 0.116 e. The van der Waals surface area contributed by atoms with Gasteiger partial charge in [0.25, 0.3) is 0 Å². The highest BCUT2D eigenvalue weighted by Crippen LogP contribution is 2.17. The van der Waals surface area contributed by atoms with Crippen molar-refractivity contribution >= 4 is 34.1 Å². The summed E-state index contributed by atoms with van der Waals surface area (Å²) in [5, 5.41) is 20.3. The molecular weight excluding hydrogens is 228 g/mol. The molecule has 2 rings (SSSR count). The van der Waals surface area contributed by atoms with E-state index in [1.807, 2.05) is 48.5 Å². The minimum Gasteiger partial charge on any atom is -0.303 e. The van der Waals surface area contributed by atoms with Crippen molar-refractivity contribution in [2.75, 3.05) is 0 Å². The maximum absolute atomic E-state index is 8.88. The third-order valence-electron chi connectivity index (χ3n) is 2.65. The zero-order valence-electron chi connectivity index (χ0n) is 9.05. The average Bonchev–Trinajstić information content (AvgIpc) is 2.39. The summed E-state index contributed by atoms with van der Waals surface area (Å²) in [5.41, 5.74) is 1.00. The van der Waals surface area contributed by atoms with Crippen LogP contribution in [0, 0.1) is 22.7 Å². The molecule has 0 bridgehead atoms. The maximum atomic E-state index is 8.88. The molecule has 0 saturated carbocycles. The summed E-state index contributed by atoms with van der Waals surface area (Å²) >= 11 is 4.76. The highest BCUT2D eigenvalue weighted by Gasteiger charge is 2.12. The largest absolute Gasteiger partial charge is 0.303 e. The summed E-state index contributed by atoms with van der Waals surface area (Å²) in [6.45, 7) is 0. The van der Waals surface area contributed by atoms with Crippen molar-refractivity contribution < 1.29 is 0 Å². The van der Waals surface area contributed by atoms with Crippen LogP contribution < -0.4 is 0 Å². The van der Waals surface area contributed by atoms with Gasteiger partial charge >= 0.3 is 0 Å². The average molecular weight is 238 g/mol. The lowest BCUT2D eigenvalue weighted by atomic mass is 9.97. The second-order valence-corrected chi connectivity index (χ2v) is 3.99. The van der Waals surface area contributed by atoms with Crippen LogP contribution in [0.5, 0.6) is 0 Å². The quantitative estimate of drug-likeness (QED) is 0.658. The van der Waals surface area contributed by atoms with Gasteiger partial charge in [-0.05, 0) is 22.4 Å². The molecule has 0 aliphatic rings. The number of thiocarbonyl (C=S) groups is 1. The zero-order valence-corrected chi connectivity index (χ0v) is 9.87. The fourth-order valence-electron chi connectivity index (χ4n) is 1.70. The van der Waals surface area contributed by atoms with E-state index in [1.165, 1.54) is 5.37 Å². The van der Waals surface area contributed by atoms with Crippen molar-refractivity contribution in [2.45, 2.75) is 0 Å². The van der Waals surface area contributed by atoms with E-state index in [-0.39, 0.29) is 5.71 Å². The first-order chi connectivity index (χ1) is 8.26. The number of nitrogens with zero attached hydrogens (tertiary/aromatic N) is 1. The molecule has 82 valence electrons. The fraction of sp³-hybridized carbons (Fsp3) is 0.0714. The van der Waals surface area contributed by atoms with Crippen LogP contribution in [0.2, 0.25) is 0 Å². The molecular formula is C14H10N2S. The molecule has 1 unspecified atom stereocenters. The van der Waals surface area contributed by atoms with Gasteiger partial charge in [-0.25, -0.2) is 0 Å². The highest BCUT2D eigenvalue weighted by molar-refractivity contribution is 7.79. The van der Waals surface area contributed by atoms with E-state index in [4.69, 9.17) is 22.9 Å². The third kappa shape index (κ3) is 2.22. The van der Waals surface area contributed by atoms with Gasteiger partial charge in [-0.2, -0.15) is 5.26 Å². The van der Waals surface area contributed by atoms with Crippen LogP contribution in [-0.4, -0.2) is 11.1 Å². The molecule has 1 N–H and O–H groups in total. The molecule has 3 heteroatoms. The number of benzene rings is 2. The van der Waals surface area contributed by atoms with E-state index in [0.29, 0.717) is 0 Å². The standard InChI is InChI=1S/C14H10N2S/c15-8-13(9-17)14(16)12-6-5-10-3-1-2-4-11(10)7-12/h1-7,9,13,16H. The molecule has 2 aromatic carbocycles. The van der Waals surface area contributed by atoms with Crippen LogP contribution in [-0.2, 0) is 0 Å². The lowest BCUT2D eigenvalue weighted by Gasteiger charge is -2.07. The van der Waals surface area contributed by atoms with Gasteiger partial charge in [0.1, 0.15) is 5.92 Å². The Kier molecular flexibility index (Phi) is 3.27. The summed E-state index contributed by atoms with van der Waals surface area (Å²) in [6.07, 6.45) is 0. The first kappa shape index (κ1) is 11.4. The lowest BCUT2D eigenvalue weighted by molar-refractivity contribution is 1.22. The Hall–Kier alpha value is -2.05. The first-order valence-electron chi connectivity index (χ1n) is 5.19. The zero-order chi connectivity index (χ0) is 12.3. The molecule has 2 nitrogen and oxygen atoms in total. The number of hydrogen-bond donors (Lipinski definition) is 1. The van der Waals surface area contributed by atoms with E-state index in [9.17, 15) is 0 Å². The van der Waals surface area contributed by atoms with E-state index in [1.54, 1.807) is 0 Å². The first-order valence-corrected chi connectivity index (χ1v) is 5.66. The van der Waals surface area contributed by atoms with Crippen molar-refractivity contribution in [2.24, 2.45) is 5.92 Å². The minimum atomic E-state index is -0.619. The van der Waals surface area contributed by atoms with Crippen LogP contribution >= 0.6 is 12.2 Å². The Morgan fingerprint density at radius 1 is 1.24 bits per heavy atom. The Morgan fingerprint density at radius 3 is 2.59 bits per heavy atom. The van der Waals surface area contributed by atoms with Crippen molar-refractivity contribution in [3.8, 4) is 6.07 Å². The van der Waals surface area contributed by atoms with Gasteiger partial charge in [0.15, 0.2) is 0 Å². The number of nitrogens with one attached hydrogen (secondary N) is 1. The van der Waals surface area contributed by atoms with Crippen LogP contribution in [0.15, 0.2) is 42.5 Å². The molecule has 0 radical (unpaired) electrons. The maximum Gasteiger partial charge on any atom is 0.116 e. The van der Waals surface area contributed by atoms with E-state index >= 15 is 0 Å². The highest BCUT2D eigenvalue weighted by atomic mass is 32.1. The summed E-state index contributed by atoms with van der Waals surface area (Å²) in [4.78, 5) is 0. The molecule has 0 spiro atoms. The van der Waals surface area contributed by atoms with Gasteiger partial charge in [0, 0.05) is 5.37 Å². The molecule has 0 fully saturated rings. The number of rotatable bonds is 3.